The number of piperidine rings is 1. The normalized spacial score (nSPS) is 18.3. The van der Waals surface area contributed by atoms with Crippen LogP contribution in [0.2, 0.25) is 4.34 Å². The summed E-state index contributed by atoms with van der Waals surface area (Å²) in [5.74, 6) is -0.378. The molecule has 0 unspecified atom stereocenters. The van der Waals surface area contributed by atoms with Crippen molar-refractivity contribution in [3.63, 3.8) is 0 Å². The zero-order valence-electron chi connectivity index (χ0n) is 22.3. The molecule has 13 heteroatoms. The number of nitrogens with zero attached hydrogens (tertiary/aromatic N) is 2. The van der Waals surface area contributed by atoms with Crippen LogP contribution in [0.15, 0.2) is 63.5 Å². The highest BCUT2D eigenvalue weighted by Gasteiger charge is 2.40. The van der Waals surface area contributed by atoms with Crippen LogP contribution < -0.4 is 4.72 Å². The van der Waals surface area contributed by atoms with E-state index in [1.54, 1.807) is 53.1 Å². The Labute approximate surface area is 261 Å². The van der Waals surface area contributed by atoms with Gasteiger partial charge in [-0.3, -0.25) is 9.59 Å². The average molecular weight is 668 g/mol. The lowest BCUT2D eigenvalue weighted by molar-refractivity contribution is -0.143. The predicted octanol–water partition coefficient (Wildman–Crippen LogP) is 6.89. The molecule has 0 bridgehead atoms. The summed E-state index contributed by atoms with van der Waals surface area (Å²) in [6.45, 7) is 3.56. The molecule has 0 aromatic carbocycles. The molecule has 2 fully saturated rings. The Morgan fingerprint density at radius 1 is 0.902 bits per heavy atom. The Morgan fingerprint density at radius 3 is 2.12 bits per heavy atom. The number of carbonyl (C=O) groups is 2. The first-order valence-corrected chi connectivity index (χ1v) is 18.5. The second kappa shape index (κ2) is 13.5. The van der Waals surface area contributed by atoms with E-state index in [0.717, 1.165) is 46.4 Å². The van der Waals surface area contributed by atoms with Gasteiger partial charge in [-0.15, -0.1) is 45.3 Å². The van der Waals surface area contributed by atoms with Crippen molar-refractivity contribution in [2.45, 2.75) is 48.9 Å². The molecule has 6 rings (SSSR count). The molecule has 1 N–H and O–H groups in total. The molecule has 4 aromatic rings. The number of nitrogens with one attached hydrogen (secondary N) is 1. The third kappa shape index (κ3) is 7.30. The first-order chi connectivity index (χ1) is 19.7. The second-order valence-electron chi connectivity index (χ2n) is 9.73. The Kier molecular flexibility index (Phi) is 10.0. The molecule has 4 aromatic heterocycles. The summed E-state index contributed by atoms with van der Waals surface area (Å²) in [5, 5.41) is 4.02. The maximum atomic E-state index is 12.9. The molecule has 0 aliphatic carbocycles. The molecule has 7 nitrogen and oxygen atoms in total. The Bertz CT molecular complexity index is 1560. The molecule has 0 radical (unpaired) electrons. The maximum Gasteiger partial charge on any atom is 0.250 e. The topological polar surface area (TPSA) is 86.8 Å². The predicted molar refractivity (Wildman–Crippen MR) is 171 cm³/mol. The number of rotatable bonds is 7. The molecule has 6 heterocycles. The van der Waals surface area contributed by atoms with Crippen LogP contribution in [0.4, 0.5) is 0 Å². The van der Waals surface area contributed by atoms with Crippen LogP contribution >= 0.6 is 56.9 Å². The van der Waals surface area contributed by atoms with Gasteiger partial charge in [0.05, 0.1) is 4.34 Å². The van der Waals surface area contributed by atoms with Crippen molar-refractivity contribution in [3.05, 3.63) is 63.6 Å². The van der Waals surface area contributed by atoms with Crippen molar-refractivity contribution in [1.82, 2.24) is 14.5 Å². The van der Waals surface area contributed by atoms with E-state index in [1.807, 2.05) is 34.5 Å². The van der Waals surface area contributed by atoms with Gasteiger partial charge in [-0.1, -0.05) is 23.7 Å². The van der Waals surface area contributed by atoms with E-state index in [-0.39, 0.29) is 16.0 Å². The van der Waals surface area contributed by atoms with Crippen LogP contribution in [0.5, 0.6) is 0 Å². The summed E-state index contributed by atoms with van der Waals surface area (Å²) in [5.41, 5.74) is 0. The van der Waals surface area contributed by atoms with Crippen LogP contribution in [0.3, 0.4) is 0 Å². The molecule has 41 heavy (non-hydrogen) atoms. The van der Waals surface area contributed by atoms with Gasteiger partial charge in [0.2, 0.25) is 11.8 Å². The van der Waals surface area contributed by atoms with Gasteiger partial charge in [0.1, 0.15) is 16.3 Å². The smallest absolute Gasteiger partial charge is 0.250 e. The lowest BCUT2D eigenvalue weighted by Gasteiger charge is -2.32. The molecule has 2 amide bonds. The molecule has 0 spiro atoms. The van der Waals surface area contributed by atoms with Crippen LogP contribution in [-0.4, -0.2) is 61.7 Å². The molecule has 2 aliphatic heterocycles. The summed E-state index contributed by atoms with van der Waals surface area (Å²) in [7, 11) is -3.81. The number of amides is 2. The number of hydrogen-bond donors (Lipinski definition) is 1. The zero-order valence-corrected chi connectivity index (χ0v) is 27.2. The van der Waals surface area contributed by atoms with E-state index in [2.05, 4.69) is 22.2 Å². The lowest BCUT2D eigenvalue weighted by atomic mass is 10.1. The Balaban J connectivity index is 0.000000255. The largest absolute Gasteiger partial charge is 0.341 e. The summed E-state index contributed by atoms with van der Waals surface area (Å²) in [6, 6.07) is 14.0. The lowest BCUT2D eigenvalue weighted by Crippen LogP contribution is -2.51. The molecular formula is C28H30ClN3O4S5. The molecule has 2 saturated heterocycles. The second-order valence-corrected chi connectivity index (χ2v) is 16.4. The Hall–Kier alpha value is -2.06. The quantitative estimate of drug-likeness (QED) is 0.233. The van der Waals surface area contributed by atoms with E-state index in [1.165, 1.54) is 26.0 Å². The van der Waals surface area contributed by atoms with Gasteiger partial charge in [0, 0.05) is 39.1 Å². The van der Waals surface area contributed by atoms with E-state index < -0.39 is 22.1 Å². The summed E-state index contributed by atoms with van der Waals surface area (Å²) in [4.78, 5) is 33.4. The highest BCUT2D eigenvalue weighted by atomic mass is 35.5. The van der Waals surface area contributed by atoms with Crippen LogP contribution in [0.1, 0.15) is 32.6 Å². The fourth-order valence-corrected chi connectivity index (χ4v) is 10.1. The monoisotopic (exact) mass is 667 g/mol. The molecule has 218 valence electrons. The van der Waals surface area contributed by atoms with Crippen molar-refractivity contribution >= 4 is 78.8 Å². The van der Waals surface area contributed by atoms with Crippen molar-refractivity contribution in [2.75, 3.05) is 19.6 Å². The number of thiophene rings is 4. The number of sulfonamides is 1. The zero-order chi connectivity index (χ0) is 29.0. The first kappa shape index (κ1) is 30.4. The average Bonchev–Trinajstić information content (AvgIpc) is 3.79. The van der Waals surface area contributed by atoms with Crippen LogP contribution in [0, 0.1) is 0 Å². The van der Waals surface area contributed by atoms with Crippen LogP contribution in [-0.2, 0) is 19.6 Å². The van der Waals surface area contributed by atoms with E-state index in [0.29, 0.717) is 13.0 Å². The van der Waals surface area contributed by atoms with Crippen molar-refractivity contribution in [3.8, 4) is 19.5 Å². The van der Waals surface area contributed by atoms with Crippen molar-refractivity contribution in [1.29, 1.82) is 0 Å². The minimum Gasteiger partial charge on any atom is -0.341 e. The van der Waals surface area contributed by atoms with E-state index in [9.17, 15) is 18.0 Å². The fourth-order valence-electron chi connectivity index (χ4n) is 4.83. The molecule has 2 atom stereocenters. The fraction of sp³-hybridized carbons (Fsp3) is 0.357. The minimum atomic E-state index is -3.81. The first-order valence-electron chi connectivity index (χ1n) is 13.3. The summed E-state index contributed by atoms with van der Waals surface area (Å²) >= 11 is 11.9. The molecular weight excluding hydrogens is 638 g/mol. The van der Waals surface area contributed by atoms with E-state index in [4.69, 9.17) is 11.6 Å². The molecule has 2 aliphatic rings. The highest BCUT2D eigenvalue weighted by molar-refractivity contribution is 7.91. The van der Waals surface area contributed by atoms with Gasteiger partial charge in [0.25, 0.3) is 10.0 Å². The van der Waals surface area contributed by atoms with Gasteiger partial charge in [-0.2, -0.15) is 4.72 Å². The Morgan fingerprint density at radius 2 is 1.54 bits per heavy atom. The minimum absolute atomic E-state index is 0.0506. The number of hydrogen-bond acceptors (Lipinski definition) is 8. The standard InChI is InChI=1S/C20H25N3O4S3.C8H5ClS2/c1-14(19(24)22-10-3-2-4-11-22)23-12-9-15(20(23)25)21-30(26,27)18-8-7-17(29-18)16-6-5-13-28-16;9-8-4-3-7(11-8)6-2-1-5-10-6/h5-8,13-15,21H,2-4,9-12H2,1H3;1-5H/t14-,15-;/m0./s1. The third-order valence-corrected chi connectivity index (χ3v) is 13.4. The number of halogens is 1. The van der Waals surface area contributed by atoms with Crippen molar-refractivity contribution < 1.29 is 18.0 Å². The summed E-state index contributed by atoms with van der Waals surface area (Å²) < 4.78 is 29.3. The highest BCUT2D eigenvalue weighted by Crippen LogP contribution is 2.34. The molecule has 0 saturated carbocycles. The van der Waals surface area contributed by atoms with Gasteiger partial charge in [0.15, 0.2) is 0 Å². The maximum absolute atomic E-state index is 12.9. The van der Waals surface area contributed by atoms with Crippen molar-refractivity contribution in [2.24, 2.45) is 0 Å². The SMILES string of the molecule is C[C@@H](C(=O)N1CCCCC1)N1CC[C@H](NS(=O)(=O)c2ccc(-c3cccs3)s2)C1=O.Clc1ccc(-c2cccs2)s1. The third-order valence-electron chi connectivity index (χ3n) is 6.98. The number of carbonyl (C=O) groups excluding carboxylic acids is 2. The van der Waals surface area contributed by atoms with Gasteiger partial charge in [-0.05, 0) is 79.8 Å². The number of likely N-dealkylation sites (tertiary alicyclic amines) is 2. The van der Waals surface area contributed by atoms with Crippen LogP contribution in [0.25, 0.3) is 19.5 Å². The van der Waals surface area contributed by atoms with Gasteiger partial charge < -0.3 is 9.80 Å². The summed E-state index contributed by atoms with van der Waals surface area (Å²) in [6.07, 6.45) is 3.46. The van der Waals surface area contributed by atoms with Gasteiger partial charge in [-0.25, -0.2) is 8.42 Å². The van der Waals surface area contributed by atoms with E-state index >= 15 is 0 Å². The van der Waals surface area contributed by atoms with Gasteiger partial charge >= 0.3 is 0 Å².